The van der Waals surface area contributed by atoms with Gasteiger partial charge in [-0.2, -0.15) is 0 Å². The van der Waals surface area contributed by atoms with Crippen molar-refractivity contribution in [2.24, 2.45) is 5.41 Å². The van der Waals surface area contributed by atoms with Crippen LogP contribution in [0.5, 0.6) is 0 Å². The van der Waals surface area contributed by atoms with Gasteiger partial charge in [-0.05, 0) is 11.0 Å². The fourth-order valence-electron chi connectivity index (χ4n) is 1.73. The molecule has 0 aromatic heterocycles. The van der Waals surface area contributed by atoms with Crippen molar-refractivity contribution < 1.29 is 9.53 Å². The zero-order valence-corrected chi connectivity index (χ0v) is 12.2. The molecule has 0 spiro atoms. The Morgan fingerprint density at radius 1 is 1.26 bits per heavy atom. The molecule has 1 rings (SSSR count). The van der Waals surface area contributed by atoms with Crippen LogP contribution in [0, 0.1) is 5.41 Å². The molecule has 0 radical (unpaired) electrons. The van der Waals surface area contributed by atoms with Gasteiger partial charge in [0, 0.05) is 12.0 Å². The van der Waals surface area contributed by atoms with Gasteiger partial charge in [-0.15, -0.1) is 0 Å². The minimum atomic E-state index is -0.344. The molecule has 0 aliphatic carbocycles. The standard InChI is InChI=1S/C17H22O2/c1-13(16(18)19-5)11-15(17(2,3)4)12-14-9-7-6-8-10-14/h6-10,12H,1,11H2,2-5H3. The van der Waals surface area contributed by atoms with Crippen LogP contribution in [-0.2, 0) is 9.53 Å². The molecule has 2 nitrogen and oxygen atoms in total. The number of carbonyl (C=O) groups excluding carboxylic acids is 1. The summed E-state index contributed by atoms with van der Waals surface area (Å²) in [5.74, 6) is -0.344. The average Bonchev–Trinajstić information content (AvgIpc) is 2.37. The normalized spacial score (nSPS) is 12.1. The lowest BCUT2D eigenvalue weighted by Gasteiger charge is -2.24. The predicted octanol–water partition coefficient (Wildman–Crippen LogP) is 4.24. The Bertz CT molecular complexity index is 476. The summed E-state index contributed by atoms with van der Waals surface area (Å²) in [6.07, 6.45) is 2.65. The van der Waals surface area contributed by atoms with Crippen molar-refractivity contribution in [3.8, 4) is 0 Å². The molecular weight excluding hydrogens is 236 g/mol. The third-order valence-corrected chi connectivity index (χ3v) is 2.98. The lowest BCUT2D eigenvalue weighted by molar-refractivity contribution is -0.136. The molecule has 2 heteroatoms. The van der Waals surface area contributed by atoms with Crippen LogP contribution < -0.4 is 0 Å². The van der Waals surface area contributed by atoms with E-state index in [0.29, 0.717) is 12.0 Å². The number of ether oxygens (including phenoxy) is 1. The van der Waals surface area contributed by atoms with Crippen molar-refractivity contribution in [1.29, 1.82) is 0 Å². The first-order valence-electron chi connectivity index (χ1n) is 6.37. The first-order chi connectivity index (χ1) is 8.84. The first kappa shape index (κ1) is 15.2. The van der Waals surface area contributed by atoms with Crippen LogP contribution in [0.15, 0.2) is 48.1 Å². The summed E-state index contributed by atoms with van der Waals surface area (Å²) in [5, 5.41) is 0. The first-order valence-corrected chi connectivity index (χ1v) is 6.37. The van der Waals surface area contributed by atoms with Crippen LogP contribution in [0.2, 0.25) is 0 Å². The van der Waals surface area contributed by atoms with Gasteiger partial charge >= 0.3 is 5.97 Å². The van der Waals surface area contributed by atoms with E-state index in [1.54, 1.807) is 0 Å². The van der Waals surface area contributed by atoms with Gasteiger partial charge in [0.1, 0.15) is 0 Å². The van der Waals surface area contributed by atoms with Crippen LogP contribution in [0.25, 0.3) is 6.08 Å². The highest BCUT2D eigenvalue weighted by Crippen LogP contribution is 2.32. The largest absolute Gasteiger partial charge is 0.466 e. The van der Waals surface area contributed by atoms with E-state index in [9.17, 15) is 4.79 Å². The molecule has 0 bridgehead atoms. The fraction of sp³-hybridized carbons (Fsp3) is 0.353. The second-order valence-corrected chi connectivity index (χ2v) is 5.60. The average molecular weight is 258 g/mol. The van der Waals surface area contributed by atoms with Gasteiger partial charge in [0.05, 0.1) is 7.11 Å². The second-order valence-electron chi connectivity index (χ2n) is 5.60. The Hall–Kier alpha value is -1.83. The van der Waals surface area contributed by atoms with Gasteiger partial charge in [-0.1, -0.05) is 69.3 Å². The Labute approximate surface area is 115 Å². The highest BCUT2D eigenvalue weighted by atomic mass is 16.5. The number of hydrogen-bond donors (Lipinski definition) is 0. The predicted molar refractivity (Wildman–Crippen MR) is 79.6 cm³/mol. The molecule has 0 saturated carbocycles. The third kappa shape index (κ3) is 4.74. The van der Waals surface area contributed by atoms with Crippen LogP contribution in [0.1, 0.15) is 32.8 Å². The number of carbonyl (C=O) groups is 1. The van der Waals surface area contributed by atoms with Crippen molar-refractivity contribution in [1.82, 2.24) is 0 Å². The summed E-state index contributed by atoms with van der Waals surface area (Å²) in [7, 11) is 1.38. The molecule has 0 fully saturated rings. The fourth-order valence-corrected chi connectivity index (χ4v) is 1.73. The zero-order chi connectivity index (χ0) is 14.5. The van der Waals surface area contributed by atoms with Crippen molar-refractivity contribution in [3.63, 3.8) is 0 Å². The van der Waals surface area contributed by atoms with Gasteiger partial charge in [0.25, 0.3) is 0 Å². The number of allylic oxidation sites excluding steroid dienone is 1. The van der Waals surface area contributed by atoms with E-state index in [0.717, 1.165) is 11.1 Å². The van der Waals surface area contributed by atoms with Gasteiger partial charge < -0.3 is 4.74 Å². The number of hydrogen-bond acceptors (Lipinski definition) is 2. The maximum atomic E-state index is 11.5. The van der Waals surface area contributed by atoms with E-state index in [1.807, 2.05) is 30.3 Å². The third-order valence-electron chi connectivity index (χ3n) is 2.98. The zero-order valence-electron chi connectivity index (χ0n) is 12.2. The second kappa shape index (κ2) is 6.37. The van der Waals surface area contributed by atoms with E-state index in [4.69, 9.17) is 4.74 Å². The molecule has 1 aromatic carbocycles. The van der Waals surface area contributed by atoms with Crippen molar-refractivity contribution in [2.45, 2.75) is 27.2 Å². The maximum Gasteiger partial charge on any atom is 0.333 e. The highest BCUT2D eigenvalue weighted by molar-refractivity contribution is 5.88. The van der Waals surface area contributed by atoms with Gasteiger partial charge in [-0.3, -0.25) is 0 Å². The highest BCUT2D eigenvalue weighted by Gasteiger charge is 2.20. The quantitative estimate of drug-likeness (QED) is 0.596. The van der Waals surface area contributed by atoms with E-state index < -0.39 is 0 Å². The Morgan fingerprint density at radius 3 is 2.32 bits per heavy atom. The lowest BCUT2D eigenvalue weighted by Crippen LogP contribution is -2.13. The molecule has 0 N–H and O–H groups in total. The summed E-state index contributed by atoms with van der Waals surface area (Å²) in [5.41, 5.74) is 2.76. The van der Waals surface area contributed by atoms with E-state index in [2.05, 4.69) is 33.4 Å². The summed E-state index contributed by atoms with van der Waals surface area (Å²) in [6, 6.07) is 10.1. The SMILES string of the molecule is C=C(CC(=Cc1ccccc1)C(C)(C)C)C(=O)OC. The molecule has 0 amide bonds. The molecular formula is C17H22O2. The van der Waals surface area contributed by atoms with Crippen molar-refractivity contribution >= 4 is 12.0 Å². The Balaban J connectivity index is 3.01. The minimum absolute atomic E-state index is 0.0210. The monoisotopic (exact) mass is 258 g/mol. The summed E-state index contributed by atoms with van der Waals surface area (Å²) >= 11 is 0. The smallest absolute Gasteiger partial charge is 0.333 e. The van der Waals surface area contributed by atoms with Gasteiger partial charge in [-0.25, -0.2) is 4.79 Å². The molecule has 0 aliphatic heterocycles. The topological polar surface area (TPSA) is 26.3 Å². The lowest BCUT2D eigenvalue weighted by atomic mass is 9.82. The number of benzene rings is 1. The molecule has 1 aromatic rings. The van der Waals surface area contributed by atoms with E-state index in [-0.39, 0.29) is 11.4 Å². The minimum Gasteiger partial charge on any atom is -0.466 e. The molecule has 0 aliphatic rings. The summed E-state index contributed by atoms with van der Waals surface area (Å²) < 4.78 is 4.71. The number of rotatable bonds is 4. The van der Waals surface area contributed by atoms with E-state index >= 15 is 0 Å². The van der Waals surface area contributed by atoms with Crippen LogP contribution in [0.3, 0.4) is 0 Å². The maximum absolute atomic E-state index is 11.5. The summed E-state index contributed by atoms with van der Waals surface area (Å²) in [4.78, 5) is 11.5. The molecule has 19 heavy (non-hydrogen) atoms. The van der Waals surface area contributed by atoms with Crippen LogP contribution >= 0.6 is 0 Å². The van der Waals surface area contributed by atoms with Crippen molar-refractivity contribution in [2.75, 3.05) is 7.11 Å². The number of esters is 1. The molecule has 102 valence electrons. The van der Waals surface area contributed by atoms with Crippen molar-refractivity contribution in [3.05, 3.63) is 53.6 Å². The number of methoxy groups -OCH3 is 1. The van der Waals surface area contributed by atoms with Gasteiger partial charge in [0.15, 0.2) is 0 Å². The molecule has 0 heterocycles. The van der Waals surface area contributed by atoms with Gasteiger partial charge in [0.2, 0.25) is 0 Å². The Kier molecular flexibility index (Phi) is 5.11. The molecule has 0 atom stereocenters. The molecule has 0 saturated heterocycles. The summed E-state index contributed by atoms with van der Waals surface area (Å²) in [6.45, 7) is 10.2. The molecule has 0 unspecified atom stereocenters. The van der Waals surface area contributed by atoms with E-state index in [1.165, 1.54) is 7.11 Å². The Morgan fingerprint density at radius 2 is 1.84 bits per heavy atom. The van der Waals surface area contributed by atoms with Crippen LogP contribution in [-0.4, -0.2) is 13.1 Å². The van der Waals surface area contributed by atoms with Crippen LogP contribution in [0.4, 0.5) is 0 Å².